The Bertz CT molecular complexity index is 1920. The monoisotopic (exact) mass is 445 g/mol. The minimum absolute atomic E-state index is 0.956. The summed E-state index contributed by atoms with van der Waals surface area (Å²) in [5.41, 5.74) is 9.31. The van der Waals surface area contributed by atoms with Crippen LogP contribution in [0.3, 0.4) is 0 Å². The fourth-order valence-electron chi connectivity index (χ4n) is 5.72. The van der Waals surface area contributed by atoms with Crippen LogP contribution < -0.4 is 0 Å². The van der Waals surface area contributed by atoms with E-state index < -0.39 is 0 Å². The van der Waals surface area contributed by atoms with Crippen LogP contribution in [0.25, 0.3) is 71.9 Å². The van der Waals surface area contributed by atoms with Gasteiger partial charge in [-0.15, -0.1) is 0 Å². The normalized spacial score (nSPS) is 12.0. The smallest absolute Gasteiger partial charge is 0.145 e. The number of aromatic nitrogens is 3. The standard InChI is InChI=1S/C32H19N3/c1-2-8-20(9-3-1)21-15-16-29-26(18-21)22-10-4-5-14-28(22)35(29)32-25-12-6-11-24-30(25)27(19-34-32)23-13-7-17-33-31(23)24/h1-19H. The molecule has 3 nitrogen and oxygen atoms in total. The Balaban J connectivity index is 1.46. The lowest BCUT2D eigenvalue weighted by molar-refractivity contribution is 1.10. The summed E-state index contributed by atoms with van der Waals surface area (Å²) < 4.78 is 2.32. The van der Waals surface area contributed by atoms with Crippen LogP contribution >= 0.6 is 0 Å². The first-order chi connectivity index (χ1) is 17.4. The molecule has 1 aliphatic carbocycles. The molecular formula is C32H19N3. The van der Waals surface area contributed by atoms with Crippen molar-refractivity contribution >= 4 is 32.6 Å². The molecular weight excluding hydrogens is 426 g/mol. The lowest BCUT2D eigenvalue weighted by Crippen LogP contribution is -1.99. The number of para-hydroxylation sites is 1. The van der Waals surface area contributed by atoms with E-state index in [0.717, 1.165) is 39.1 Å². The third kappa shape index (κ3) is 2.50. The molecule has 0 aliphatic heterocycles. The second-order valence-corrected chi connectivity index (χ2v) is 9.07. The maximum absolute atomic E-state index is 5.07. The SMILES string of the molecule is c1ccc(-c2ccc3c(c2)c2ccccc2n3-c2ncc3c4c(cccc24)-c2ncccc2-3)cc1. The molecule has 0 atom stereocenters. The quantitative estimate of drug-likeness (QED) is 0.269. The Hall–Kier alpha value is -4.76. The van der Waals surface area contributed by atoms with Crippen LogP contribution in [0, 0.1) is 0 Å². The van der Waals surface area contributed by atoms with E-state index in [0.29, 0.717) is 0 Å². The average Bonchev–Trinajstić information content (AvgIpc) is 3.44. The Kier molecular flexibility index (Phi) is 3.66. The molecule has 0 saturated carbocycles. The number of hydrogen-bond acceptors (Lipinski definition) is 2. The van der Waals surface area contributed by atoms with Gasteiger partial charge in [0.15, 0.2) is 0 Å². The highest BCUT2D eigenvalue weighted by Gasteiger charge is 2.25. The van der Waals surface area contributed by atoms with Gasteiger partial charge in [0.25, 0.3) is 0 Å². The van der Waals surface area contributed by atoms with E-state index in [1.807, 2.05) is 18.5 Å². The number of benzene rings is 4. The maximum Gasteiger partial charge on any atom is 0.145 e. The first kappa shape index (κ1) is 18.6. The minimum Gasteiger partial charge on any atom is -0.293 e. The van der Waals surface area contributed by atoms with Gasteiger partial charge >= 0.3 is 0 Å². The molecule has 3 heterocycles. The molecule has 0 radical (unpaired) electrons. The van der Waals surface area contributed by atoms with Gasteiger partial charge in [0.2, 0.25) is 0 Å². The van der Waals surface area contributed by atoms with E-state index >= 15 is 0 Å². The van der Waals surface area contributed by atoms with Gasteiger partial charge < -0.3 is 0 Å². The molecule has 3 heteroatoms. The van der Waals surface area contributed by atoms with E-state index in [1.54, 1.807) is 0 Å². The van der Waals surface area contributed by atoms with Gasteiger partial charge in [0, 0.05) is 50.6 Å². The highest BCUT2D eigenvalue weighted by atomic mass is 15.1. The lowest BCUT2D eigenvalue weighted by Gasteiger charge is -2.12. The third-order valence-electron chi connectivity index (χ3n) is 7.24. The van der Waals surface area contributed by atoms with Gasteiger partial charge in [-0.2, -0.15) is 0 Å². The number of nitrogens with zero attached hydrogens (tertiary/aromatic N) is 3. The molecule has 0 bridgehead atoms. The summed E-state index contributed by atoms with van der Waals surface area (Å²) in [7, 11) is 0. The molecule has 3 aromatic heterocycles. The van der Waals surface area contributed by atoms with Crippen LogP contribution in [0.5, 0.6) is 0 Å². The summed E-state index contributed by atoms with van der Waals surface area (Å²) >= 11 is 0. The summed E-state index contributed by atoms with van der Waals surface area (Å²) in [6.07, 6.45) is 3.89. The van der Waals surface area contributed by atoms with Crippen molar-refractivity contribution in [3.8, 4) is 39.3 Å². The largest absolute Gasteiger partial charge is 0.293 e. The van der Waals surface area contributed by atoms with Crippen LogP contribution in [0.4, 0.5) is 0 Å². The topological polar surface area (TPSA) is 30.7 Å². The van der Waals surface area contributed by atoms with Crippen molar-refractivity contribution in [2.75, 3.05) is 0 Å². The van der Waals surface area contributed by atoms with E-state index in [-0.39, 0.29) is 0 Å². The Morgan fingerprint density at radius 1 is 0.514 bits per heavy atom. The molecule has 0 spiro atoms. The summed E-state index contributed by atoms with van der Waals surface area (Å²) in [6, 6.07) is 36.6. The molecule has 162 valence electrons. The summed E-state index contributed by atoms with van der Waals surface area (Å²) in [5, 5.41) is 4.85. The predicted molar refractivity (Wildman–Crippen MR) is 144 cm³/mol. The van der Waals surface area contributed by atoms with Crippen LogP contribution in [-0.4, -0.2) is 14.5 Å². The minimum atomic E-state index is 0.956. The molecule has 7 aromatic rings. The predicted octanol–water partition coefficient (Wildman–Crippen LogP) is 8.04. The number of hydrogen-bond donors (Lipinski definition) is 0. The highest BCUT2D eigenvalue weighted by molar-refractivity contribution is 6.17. The van der Waals surface area contributed by atoms with Gasteiger partial charge in [-0.1, -0.05) is 78.9 Å². The second kappa shape index (κ2) is 6.87. The van der Waals surface area contributed by atoms with Crippen LogP contribution in [-0.2, 0) is 0 Å². The number of fused-ring (bicyclic) bond motifs is 6. The first-order valence-electron chi connectivity index (χ1n) is 11.8. The van der Waals surface area contributed by atoms with E-state index in [9.17, 15) is 0 Å². The molecule has 0 amide bonds. The van der Waals surface area contributed by atoms with Crippen molar-refractivity contribution in [1.29, 1.82) is 0 Å². The van der Waals surface area contributed by atoms with Crippen molar-refractivity contribution in [2.24, 2.45) is 0 Å². The van der Waals surface area contributed by atoms with E-state index in [2.05, 4.69) is 102 Å². The van der Waals surface area contributed by atoms with E-state index in [4.69, 9.17) is 9.97 Å². The van der Waals surface area contributed by atoms with Crippen molar-refractivity contribution in [1.82, 2.24) is 14.5 Å². The molecule has 0 fully saturated rings. The van der Waals surface area contributed by atoms with Crippen molar-refractivity contribution in [2.45, 2.75) is 0 Å². The number of rotatable bonds is 2. The molecule has 0 N–H and O–H groups in total. The van der Waals surface area contributed by atoms with Crippen molar-refractivity contribution in [3.63, 3.8) is 0 Å². The van der Waals surface area contributed by atoms with Crippen molar-refractivity contribution < 1.29 is 0 Å². The van der Waals surface area contributed by atoms with Gasteiger partial charge in [-0.05, 0) is 35.4 Å². The van der Waals surface area contributed by atoms with Gasteiger partial charge in [-0.3, -0.25) is 9.55 Å². The fourth-order valence-corrected chi connectivity index (χ4v) is 5.72. The molecule has 35 heavy (non-hydrogen) atoms. The van der Waals surface area contributed by atoms with Crippen LogP contribution in [0.1, 0.15) is 0 Å². The highest BCUT2D eigenvalue weighted by Crippen LogP contribution is 2.47. The zero-order valence-electron chi connectivity index (χ0n) is 18.8. The van der Waals surface area contributed by atoms with Crippen molar-refractivity contribution in [3.05, 3.63) is 116 Å². The summed E-state index contributed by atoms with van der Waals surface area (Å²) in [4.78, 5) is 9.76. The molecule has 0 unspecified atom stereocenters. The Labute approximate surface area is 202 Å². The lowest BCUT2D eigenvalue weighted by atomic mass is 10.0. The van der Waals surface area contributed by atoms with Crippen LogP contribution in [0.15, 0.2) is 116 Å². The van der Waals surface area contributed by atoms with Gasteiger partial charge in [0.1, 0.15) is 5.82 Å². The van der Waals surface area contributed by atoms with Gasteiger partial charge in [-0.25, -0.2) is 4.98 Å². The average molecular weight is 446 g/mol. The zero-order chi connectivity index (χ0) is 22.9. The zero-order valence-corrected chi connectivity index (χ0v) is 18.8. The van der Waals surface area contributed by atoms with Gasteiger partial charge in [0.05, 0.1) is 16.7 Å². The third-order valence-corrected chi connectivity index (χ3v) is 7.24. The summed E-state index contributed by atoms with van der Waals surface area (Å²) in [5.74, 6) is 0.956. The molecule has 0 saturated heterocycles. The Morgan fingerprint density at radius 2 is 1.31 bits per heavy atom. The maximum atomic E-state index is 5.07. The fraction of sp³-hybridized carbons (Fsp3) is 0. The summed E-state index contributed by atoms with van der Waals surface area (Å²) in [6.45, 7) is 0. The molecule has 4 aromatic carbocycles. The first-order valence-corrected chi connectivity index (χ1v) is 11.8. The second-order valence-electron chi connectivity index (χ2n) is 9.07. The molecule has 8 rings (SSSR count). The molecule has 1 aliphatic rings. The van der Waals surface area contributed by atoms with E-state index in [1.165, 1.54) is 32.8 Å². The Morgan fingerprint density at radius 3 is 2.26 bits per heavy atom. The number of pyridine rings is 2. The van der Waals surface area contributed by atoms with Crippen LogP contribution in [0.2, 0.25) is 0 Å².